The van der Waals surface area contributed by atoms with Crippen molar-refractivity contribution >= 4 is 66.3 Å². The lowest BCUT2D eigenvalue weighted by atomic mass is 10.0. The maximum absolute atomic E-state index is 6.68. The van der Waals surface area contributed by atoms with Crippen LogP contribution in [0.3, 0.4) is 0 Å². The summed E-state index contributed by atoms with van der Waals surface area (Å²) >= 11 is 6.68. The molecule has 9 rings (SSSR count). The van der Waals surface area contributed by atoms with E-state index in [9.17, 15) is 0 Å². The monoisotopic (exact) mass is 573 g/mol. The van der Waals surface area contributed by atoms with E-state index in [2.05, 4.69) is 36.4 Å². The zero-order valence-corrected chi connectivity index (χ0v) is 23.3. The molecule has 0 aliphatic heterocycles. The van der Waals surface area contributed by atoms with Crippen LogP contribution in [0.1, 0.15) is 0 Å². The first-order chi connectivity index (χ1) is 21.2. The van der Waals surface area contributed by atoms with Crippen LogP contribution in [-0.2, 0) is 0 Å². The minimum atomic E-state index is 0.582. The number of hydrogen-bond acceptors (Lipinski definition) is 5. The zero-order valence-electron chi connectivity index (χ0n) is 22.6. The summed E-state index contributed by atoms with van der Waals surface area (Å²) in [6, 6.07) is 40.2. The van der Waals surface area contributed by atoms with Crippen LogP contribution < -0.4 is 0 Å². The number of para-hydroxylation sites is 1. The van der Waals surface area contributed by atoms with Crippen molar-refractivity contribution in [2.45, 2.75) is 0 Å². The highest BCUT2D eigenvalue weighted by Crippen LogP contribution is 2.39. The van der Waals surface area contributed by atoms with E-state index >= 15 is 0 Å². The zero-order chi connectivity index (χ0) is 28.5. The van der Waals surface area contributed by atoms with Crippen LogP contribution in [0.5, 0.6) is 0 Å². The van der Waals surface area contributed by atoms with Gasteiger partial charge in [0.1, 0.15) is 22.3 Å². The van der Waals surface area contributed by atoms with Crippen LogP contribution in [0, 0.1) is 0 Å². The van der Waals surface area contributed by atoms with Gasteiger partial charge in [0.05, 0.1) is 5.02 Å². The number of hydrogen-bond donors (Lipinski definition) is 0. The van der Waals surface area contributed by atoms with Gasteiger partial charge in [-0.05, 0) is 59.3 Å². The van der Waals surface area contributed by atoms with E-state index in [0.717, 1.165) is 71.3 Å². The molecule has 0 atom stereocenters. The van der Waals surface area contributed by atoms with E-state index in [1.165, 1.54) is 0 Å². The number of rotatable bonds is 3. The maximum atomic E-state index is 6.68. The topological polar surface area (TPSA) is 65.0 Å². The Labute approximate surface area is 250 Å². The number of benzene rings is 6. The molecule has 3 aromatic heterocycles. The molecule has 0 saturated carbocycles. The van der Waals surface area contributed by atoms with Gasteiger partial charge in [0.25, 0.3) is 0 Å². The van der Waals surface area contributed by atoms with Crippen molar-refractivity contribution in [1.29, 1.82) is 0 Å². The van der Waals surface area contributed by atoms with Gasteiger partial charge in [0.15, 0.2) is 17.5 Å². The van der Waals surface area contributed by atoms with E-state index in [-0.39, 0.29) is 0 Å². The summed E-state index contributed by atoms with van der Waals surface area (Å²) in [5.41, 5.74) is 5.90. The summed E-state index contributed by atoms with van der Waals surface area (Å²) < 4.78 is 12.2. The van der Waals surface area contributed by atoms with Gasteiger partial charge in [-0.3, -0.25) is 0 Å². The fraction of sp³-hybridized carbons (Fsp3) is 0. The molecule has 0 spiro atoms. The van der Waals surface area contributed by atoms with Gasteiger partial charge < -0.3 is 8.83 Å². The minimum absolute atomic E-state index is 0.582. The predicted molar refractivity (Wildman–Crippen MR) is 173 cm³/mol. The number of nitrogens with zero attached hydrogens (tertiary/aromatic N) is 3. The summed E-state index contributed by atoms with van der Waals surface area (Å²) in [4.78, 5) is 14.9. The Morgan fingerprint density at radius 2 is 1.00 bits per heavy atom. The third-order valence-electron chi connectivity index (χ3n) is 7.99. The molecule has 0 saturated heterocycles. The van der Waals surface area contributed by atoms with Crippen molar-refractivity contribution in [3.8, 4) is 34.2 Å². The molecule has 3 heterocycles. The summed E-state index contributed by atoms with van der Waals surface area (Å²) in [6.45, 7) is 0. The van der Waals surface area contributed by atoms with Crippen molar-refractivity contribution in [2.24, 2.45) is 0 Å². The second-order valence-corrected chi connectivity index (χ2v) is 11.0. The van der Waals surface area contributed by atoms with E-state index in [4.69, 9.17) is 35.4 Å². The molecule has 0 radical (unpaired) electrons. The molecule has 202 valence electrons. The van der Waals surface area contributed by atoms with Gasteiger partial charge in [0, 0.05) is 38.2 Å². The Kier molecular flexibility index (Phi) is 5.18. The lowest BCUT2D eigenvalue weighted by Crippen LogP contribution is -2.00. The quantitative estimate of drug-likeness (QED) is 0.210. The van der Waals surface area contributed by atoms with Gasteiger partial charge >= 0.3 is 0 Å². The average molecular weight is 574 g/mol. The molecule has 9 aromatic rings. The van der Waals surface area contributed by atoms with E-state index < -0.39 is 0 Å². The largest absolute Gasteiger partial charge is 0.456 e. The maximum Gasteiger partial charge on any atom is 0.164 e. The fourth-order valence-electron chi connectivity index (χ4n) is 5.95. The molecule has 0 fully saturated rings. The van der Waals surface area contributed by atoms with Gasteiger partial charge in [-0.2, -0.15) is 0 Å². The molecule has 0 amide bonds. The molecule has 6 heteroatoms. The summed E-state index contributed by atoms with van der Waals surface area (Å²) in [7, 11) is 0. The molecule has 43 heavy (non-hydrogen) atoms. The van der Waals surface area contributed by atoms with Crippen molar-refractivity contribution in [3.63, 3.8) is 0 Å². The Morgan fingerprint density at radius 1 is 0.419 bits per heavy atom. The first-order valence-electron chi connectivity index (χ1n) is 14.0. The van der Waals surface area contributed by atoms with E-state index in [1.807, 2.05) is 84.9 Å². The lowest BCUT2D eigenvalue weighted by molar-refractivity contribution is 0.668. The smallest absolute Gasteiger partial charge is 0.164 e. The third-order valence-corrected chi connectivity index (χ3v) is 8.30. The fourth-order valence-corrected chi connectivity index (χ4v) is 6.21. The lowest BCUT2D eigenvalue weighted by Gasteiger charge is -2.09. The molecule has 0 aliphatic carbocycles. The highest BCUT2D eigenvalue weighted by molar-refractivity contribution is 6.39. The van der Waals surface area contributed by atoms with Crippen LogP contribution >= 0.6 is 11.6 Å². The van der Waals surface area contributed by atoms with E-state index in [0.29, 0.717) is 22.5 Å². The third kappa shape index (κ3) is 3.83. The first-order valence-corrected chi connectivity index (χ1v) is 14.3. The van der Waals surface area contributed by atoms with Gasteiger partial charge in [0.2, 0.25) is 0 Å². The Morgan fingerprint density at radius 3 is 1.84 bits per heavy atom. The second kappa shape index (κ2) is 9.24. The molecule has 0 bridgehead atoms. The Balaban J connectivity index is 1.29. The molecule has 0 N–H and O–H groups in total. The van der Waals surface area contributed by atoms with Crippen molar-refractivity contribution in [1.82, 2.24) is 15.0 Å². The predicted octanol–water partition coefficient (Wildman–Crippen LogP) is 10.5. The summed E-state index contributed by atoms with van der Waals surface area (Å²) in [5, 5.41) is 6.73. The number of halogens is 1. The van der Waals surface area contributed by atoms with Crippen molar-refractivity contribution < 1.29 is 8.83 Å². The molecule has 6 aromatic carbocycles. The summed E-state index contributed by atoms with van der Waals surface area (Å²) in [5.74, 6) is 1.78. The van der Waals surface area contributed by atoms with Crippen LogP contribution in [0.2, 0.25) is 5.02 Å². The van der Waals surface area contributed by atoms with Gasteiger partial charge in [-0.25, -0.2) is 15.0 Å². The number of aromatic nitrogens is 3. The van der Waals surface area contributed by atoms with Gasteiger partial charge in [-0.15, -0.1) is 0 Å². The molecular weight excluding hydrogens is 554 g/mol. The van der Waals surface area contributed by atoms with Crippen molar-refractivity contribution in [2.75, 3.05) is 0 Å². The molecule has 0 aliphatic rings. The minimum Gasteiger partial charge on any atom is -0.456 e. The van der Waals surface area contributed by atoms with Gasteiger partial charge in [-0.1, -0.05) is 84.4 Å². The normalized spacial score (nSPS) is 11.8. The second-order valence-electron chi connectivity index (χ2n) is 10.6. The molecular formula is C37H20ClN3O2. The molecule has 5 nitrogen and oxygen atoms in total. The van der Waals surface area contributed by atoms with Crippen LogP contribution in [-0.4, -0.2) is 15.0 Å². The van der Waals surface area contributed by atoms with E-state index in [1.54, 1.807) is 0 Å². The van der Waals surface area contributed by atoms with Crippen LogP contribution in [0.4, 0.5) is 0 Å². The summed E-state index contributed by atoms with van der Waals surface area (Å²) in [6.07, 6.45) is 0. The average Bonchev–Trinajstić information content (AvgIpc) is 3.64. The number of furan rings is 2. The first kappa shape index (κ1) is 24.1. The van der Waals surface area contributed by atoms with Crippen LogP contribution in [0.25, 0.3) is 88.8 Å². The SMILES string of the molecule is Clc1cccc2oc3ccc4ccc(-c5nc(-c6ccccc6)nc(-c6ccc7oc8ccccc8c7c6)n5)cc4c3c12. The number of fused-ring (bicyclic) bond motifs is 8. The Bertz CT molecular complexity index is 2530. The highest BCUT2D eigenvalue weighted by Gasteiger charge is 2.17. The standard InChI is InChI=1S/C37H20ClN3O2/c38-28-10-6-12-31-34(28)33-26-19-23(14-13-21(26)15-18-32(33)43-31)36-39-35(22-7-2-1-3-8-22)40-37(41-36)24-16-17-30-27(20-24)25-9-4-5-11-29(25)42-30/h1-20H. The van der Waals surface area contributed by atoms with Crippen LogP contribution in [0.15, 0.2) is 130 Å². The Hall–Kier alpha value is -5.52. The highest BCUT2D eigenvalue weighted by atomic mass is 35.5. The van der Waals surface area contributed by atoms with Crippen molar-refractivity contribution in [3.05, 3.63) is 126 Å². The molecule has 0 unspecified atom stereocenters.